The van der Waals surface area contributed by atoms with Crippen molar-refractivity contribution in [1.82, 2.24) is 5.32 Å². The van der Waals surface area contributed by atoms with Gasteiger partial charge in [0.05, 0.1) is 6.54 Å². The summed E-state index contributed by atoms with van der Waals surface area (Å²) < 4.78 is 0. The van der Waals surface area contributed by atoms with Crippen molar-refractivity contribution in [1.29, 1.82) is 0 Å². The van der Waals surface area contributed by atoms with Crippen molar-refractivity contribution in [3.8, 4) is 0 Å². The van der Waals surface area contributed by atoms with Crippen LogP contribution < -0.4 is 5.32 Å². The topological polar surface area (TPSA) is 86.6 Å². The van der Waals surface area contributed by atoms with E-state index in [4.69, 9.17) is 21.8 Å². The van der Waals surface area contributed by atoms with Crippen molar-refractivity contribution in [2.75, 3.05) is 6.54 Å². The first kappa shape index (κ1) is 13.5. The van der Waals surface area contributed by atoms with Crippen LogP contribution in [0.25, 0.3) is 0 Å². The molecule has 1 aromatic rings. The molecule has 0 fully saturated rings. The fourth-order valence-corrected chi connectivity index (χ4v) is 1.40. The van der Waals surface area contributed by atoms with E-state index in [9.17, 15) is 9.59 Å². The standard InChI is InChI=1S/C11H12ClNO4/c1-6-7(3-2-4-8(6)12)10(15)13-5-9(14)11(16)17/h2-4,9,14H,5H2,1H3,(H,13,15)(H,16,17). The van der Waals surface area contributed by atoms with Gasteiger partial charge in [-0.1, -0.05) is 17.7 Å². The number of aliphatic hydroxyl groups excluding tert-OH is 1. The zero-order valence-corrected chi connectivity index (χ0v) is 9.86. The quantitative estimate of drug-likeness (QED) is 0.745. The third-order valence-electron chi connectivity index (χ3n) is 2.25. The fraction of sp³-hybridized carbons (Fsp3) is 0.273. The normalized spacial score (nSPS) is 11.9. The number of carbonyl (C=O) groups is 2. The third-order valence-corrected chi connectivity index (χ3v) is 2.66. The second-order valence-electron chi connectivity index (χ2n) is 3.48. The van der Waals surface area contributed by atoms with E-state index in [0.717, 1.165) is 0 Å². The molecule has 0 saturated heterocycles. The highest BCUT2D eigenvalue weighted by molar-refractivity contribution is 6.31. The lowest BCUT2D eigenvalue weighted by molar-refractivity contribution is -0.146. The summed E-state index contributed by atoms with van der Waals surface area (Å²) in [4.78, 5) is 22.0. The van der Waals surface area contributed by atoms with Gasteiger partial charge in [0.15, 0.2) is 6.10 Å². The van der Waals surface area contributed by atoms with Gasteiger partial charge >= 0.3 is 5.97 Å². The lowest BCUT2D eigenvalue weighted by Crippen LogP contribution is -2.36. The molecule has 0 spiro atoms. The molecule has 0 aliphatic rings. The molecule has 0 bridgehead atoms. The van der Waals surface area contributed by atoms with Gasteiger partial charge in [-0.25, -0.2) is 4.79 Å². The fourth-order valence-electron chi connectivity index (χ4n) is 1.23. The summed E-state index contributed by atoms with van der Waals surface area (Å²) in [5, 5.41) is 20.2. The Morgan fingerprint density at radius 3 is 2.71 bits per heavy atom. The number of carboxylic acid groups (broad SMARTS) is 1. The molecular weight excluding hydrogens is 246 g/mol. The summed E-state index contributed by atoms with van der Waals surface area (Å²) in [6, 6.07) is 4.85. The number of rotatable bonds is 4. The summed E-state index contributed by atoms with van der Waals surface area (Å²) in [5.41, 5.74) is 0.964. The molecule has 17 heavy (non-hydrogen) atoms. The van der Waals surface area contributed by atoms with Crippen LogP contribution in [0.4, 0.5) is 0 Å². The summed E-state index contributed by atoms with van der Waals surface area (Å²) in [5.74, 6) is -1.85. The Morgan fingerprint density at radius 2 is 2.12 bits per heavy atom. The summed E-state index contributed by atoms with van der Waals surface area (Å²) in [6.45, 7) is 1.34. The minimum atomic E-state index is -1.61. The van der Waals surface area contributed by atoms with Crippen molar-refractivity contribution in [3.63, 3.8) is 0 Å². The van der Waals surface area contributed by atoms with Crippen LogP contribution in [0, 0.1) is 6.92 Å². The second-order valence-corrected chi connectivity index (χ2v) is 3.88. The smallest absolute Gasteiger partial charge is 0.334 e. The number of amides is 1. The van der Waals surface area contributed by atoms with Crippen molar-refractivity contribution >= 4 is 23.5 Å². The van der Waals surface area contributed by atoms with Crippen LogP contribution in [0.3, 0.4) is 0 Å². The number of aliphatic hydroxyl groups is 1. The van der Waals surface area contributed by atoms with E-state index >= 15 is 0 Å². The maximum absolute atomic E-state index is 11.7. The van der Waals surface area contributed by atoms with Gasteiger partial charge < -0.3 is 15.5 Å². The largest absolute Gasteiger partial charge is 0.479 e. The van der Waals surface area contributed by atoms with E-state index in [1.54, 1.807) is 25.1 Å². The zero-order valence-electron chi connectivity index (χ0n) is 9.11. The number of aliphatic carboxylic acids is 1. The number of hydrogen-bond acceptors (Lipinski definition) is 3. The molecule has 0 aromatic heterocycles. The molecule has 0 aliphatic heterocycles. The summed E-state index contributed by atoms with van der Waals surface area (Å²) >= 11 is 5.85. The second kappa shape index (κ2) is 5.65. The van der Waals surface area contributed by atoms with Crippen LogP contribution in [0.5, 0.6) is 0 Å². The molecule has 5 nitrogen and oxygen atoms in total. The Hall–Kier alpha value is -1.59. The molecule has 0 radical (unpaired) electrons. The monoisotopic (exact) mass is 257 g/mol. The van der Waals surface area contributed by atoms with Crippen LogP contribution in [0.15, 0.2) is 18.2 Å². The first-order valence-corrected chi connectivity index (χ1v) is 5.25. The summed E-state index contributed by atoms with van der Waals surface area (Å²) in [7, 11) is 0. The maximum Gasteiger partial charge on any atom is 0.334 e. The molecular formula is C11H12ClNO4. The summed E-state index contributed by atoms with van der Waals surface area (Å²) in [6.07, 6.45) is -1.61. The van der Waals surface area contributed by atoms with Crippen LogP contribution in [0.1, 0.15) is 15.9 Å². The molecule has 1 amide bonds. The first-order chi connectivity index (χ1) is 7.93. The van der Waals surface area contributed by atoms with Crippen LogP contribution in [-0.4, -0.2) is 34.7 Å². The van der Waals surface area contributed by atoms with E-state index in [1.165, 1.54) is 0 Å². The van der Waals surface area contributed by atoms with E-state index in [2.05, 4.69) is 5.32 Å². The van der Waals surface area contributed by atoms with Gasteiger partial charge in [0.25, 0.3) is 5.91 Å². The van der Waals surface area contributed by atoms with Gasteiger partial charge in [-0.05, 0) is 24.6 Å². The van der Waals surface area contributed by atoms with E-state index < -0.39 is 18.0 Å². The number of hydrogen-bond donors (Lipinski definition) is 3. The van der Waals surface area contributed by atoms with Crippen LogP contribution in [0.2, 0.25) is 5.02 Å². The maximum atomic E-state index is 11.7. The molecule has 92 valence electrons. The lowest BCUT2D eigenvalue weighted by atomic mass is 10.1. The predicted octanol–water partition coefficient (Wildman–Crippen LogP) is 0.824. The van der Waals surface area contributed by atoms with Gasteiger partial charge in [0, 0.05) is 10.6 Å². The molecule has 3 N–H and O–H groups in total. The third kappa shape index (κ3) is 3.44. The Labute approximate surface area is 103 Å². The van der Waals surface area contributed by atoms with E-state index in [-0.39, 0.29) is 6.54 Å². The zero-order chi connectivity index (χ0) is 13.0. The lowest BCUT2D eigenvalue weighted by Gasteiger charge is -2.10. The highest BCUT2D eigenvalue weighted by Crippen LogP contribution is 2.18. The SMILES string of the molecule is Cc1c(Cl)cccc1C(=O)NCC(O)C(=O)O. The number of benzene rings is 1. The predicted molar refractivity (Wildman–Crippen MR) is 62.2 cm³/mol. The highest BCUT2D eigenvalue weighted by Gasteiger charge is 2.16. The first-order valence-electron chi connectivity index (χ1n) is 4.87. The van der Waals surface area contributed by atoms with Gasteiger partial charge in [0.1, 0.15) is 0 Å². The van der Waals surface area contributed by atoms with Gasteiger partial charge in [-0.3, -0.25) is 4.79 Å². The molecule has 0 saturated carbocycles. The van der Waals surface area contributed by atoms with Crippen molar-refractivity contribution in [2.24, 2.45) is 0 Å². The van der Waals surface area contributed by atoms with E-state index in [0.29, 0.717) is 16.1 Å². The van der Waals surface area contributed by atoms with Gasteiger partial charge in [-0.15, -0.1) is 0 Å². The van der Waals surface area contributed by atoms with Crippen molar-refractivity contribution < 1.29 is 19.8 Å². The van der Waals surface area contributed by atoms with Crippen LogP contribution >= 0.6 is 11.6 Å². The number of halogens is 1. The Kier molecular flexibility index (Phi) is 4.48. The van der Waals surface area contributed by atoms with Crippen molar-refractivity contribution in [2.45, 2.75) is 13.0 Å². The number of carbonyl (C=O) groups excluding carboxylic acids is 1. The average molecular weight is 258 g/mol. The molecule has 6 heteroatoms. The molecule has 1 atom stereocenters. The number of nitrogens with one attached hydrogen (secondary N) is 1. The van der Waals surface area contributed by atoms with E-state index in [1.807, 2.05) is 0 Å². The Bertz CT molecular complexity index is 447. The minimum Gasteiger partial charge on any atom is -0.479 e. The molecule has 1 rings (SSSR count). The van der Waals surface area contributed by atoms with Crippen LogP contribution in [-0.2, 0) is 4.79 Å². The minimum absolute atomic E-state index is 0.347. The molecule has 0 heterocycles. The average Bonchev–Trinajstić information content (AvgIpc) is 2.29. The van der Waals surface area contributed by atoms with Crippen molar-refractivity contribution in [3.05, 3.63) is 34.3 Å². The molecule has 1 aromatic carbocycles. The Balaban J connectivity index is 2.71. The highest BCUT2D eigenvalue weighted by atomic mass is 35.5. The molecule has 1 unspecified atom stereocenters. The van der Waals surface area contributed by atoms with Gasteiger partial charge in [-0.2, -0.15) is 0 Å². The Morgan fingerprint density at radius 1 is 1.47 bits per heavy atom. The van der Waals surface area contributed by atoms with Gasteiger partial charge in [0.2, 0.25) is 0 Å². The number of carboxylic acids is 1. The molecule has 0 aliphatic carbocycles.